The van der Waals surface area contributed by atoms with Crippen LogP contribution in [0.15, 0.2) is 104 Å². The van der Waals surface area contributed by atoms with Crippen molar-refractivity contribution in [2.45, 2.75) is 32.4 Å². The largest absolute Gasteiger partial charge is 0.496 e. The summed E-state index contributed by atoms with van der Waals surface area (Å²) in [4.78, 5) is 21.2. The van der Waals surface area contributed by atoms with E-state index < -0.39 is 0 Å². The smallest absolute Gasteiger partial charge is 0.255 e. The Bertz CT molecular complexity index is 1580. The van der Waals surface area contributed by atoms with Gasteiger partial charge in [0.05, 0.1) is 30.0 Å². The fourth-order valence-electron chi connectivity index (χ4n) is 4.81. The molecule has 42 heavy (non-hydrogen) atoms. The van der Waals surface area contributed by atoms with Gasteiger partial charge in [-0.25, -0.2) is 9.97 Å². The number of aromatic nitrogens is 2. The number of para-hydroxylation sites is 1. The average Bonchev–Trinajstić information content (AvgIpc) is 3.43. The number of benzene rings is 3. The van der Waals surface area contributed by atoms with Crippen molar-refractivity contribution in [3.05, 3.63) is 137 Å². The molecule has 0 spiro atoms. The number of methoxy groups -OCH3 is 1. The molecule has 5 rings (SSSR count). The maximum Gasteiger partial charge on any atom is 0.255 e. The van der Waals surface area contributed by atoms with Gasteiger partial charge in [0.25, 0.3) is 5.91 Å². The zero-order chi connectivity index (χ0) is 29.9. The molecule has 8 heteroatoms. The van der Waals surface area contributed by atoms with Crippen molar-refractivity contribution in [2.24, 2.45) is 0 Å². The van der Waals surface area contributed by atoms with Gasteiger partial charge in [-0.3, -0.25) is 10.2 Å². The van der Waals surface area contributed by atoms with Crippen molar-refractivity contribution in [1.82, 2.24) is 15.3 Å². The molecule has 0 bridgehead atoms. The van der Waals surface area contributed by atoms with Crippen LogP contribution in [0.4, 0.5) is 11.6 Å². The number of hydrogen-bond donors (Lipinski definition) is 4. The third kappa shape index (κ3) is 7.09. The third-order valence-electron chi connectivity index (χ3n) is 6.95. The molecule has 1 aromatic heterocycles. The minimum Gasteiger partial charge on any atom is -0.496 e. The van der Waals surface area contributed by atoms with Gasteiger partial charge in [-0.15, -0.1) is 0 Å². The molecule has 1 amide bonds. The van der Waals surface area contributed by atoms with Crippen LogP contribution in [0.1, 0.15) is 57.6 Å². The highest BCUT2D eigenvalue weighted by atomic mass is 16.5. The first-order valence-corrected chi connectivity index (χ1v) is 13.7. The summed E-state index contributed by atoms with van der Waals surface area (Å²) in [6.45, 7) is 5.77. The summed E-state index contributed by atoms with van der Waals surface area (Å²) in [5.74, 6) is 1.11. The normalized spacial score (nSPS) is 13.4. The Morgan fingerprint density at radius 2 is 1.83 bits per heavy atom. The first kappa shape index (κ1) is 29.7. The highest BCUT2D eigenvalue weighted by Gasteiger charge is 2.25. The van der Waals surface area contributed by atoms with Gasteiger partial charge in [0.15, 0.2) is 0 Å². The maximum atomic E-state index is 12.6. The fraction of sp³-hybridized carbons (Fsp3) is 0.176. The molecule has 0 radical (unpaired) electrons. The summed E-state index contributed by atoms with van der Waals surface area (Å²) >= 11 is 0. The average molecular weight is 561 g/mol. The molecule has 1 unspecified atom stereocenters. The lowest BCUT2D eigenvalue weighted by Crippen LogP contribution is -2.23. The van der Waals surface area contributed by atoms with E-state index in [1.54, 1.807) is 24.3 Å². The zero-order valence-electron chi connectivity index (χ0n) is 23.9. The monoisotopic (exact) mass is 560 g/mol. The first-order valence-electron chi connectivity index (χ1n) is 13.7. The van der Waals surface area contributed by atoms with Gasteiger partial charge in [-0.1, -0.05) is 85.5 Å². The van der Waals surface area contributed by atoms with Crippen LogP contribution in [-0.4, -0.2) is 28.7 Å². The molecule has 0 fully saturated rings. The Morgan fingerprint density at radius 3 is 2.55 bits per heavy atom. The van der Waals surface area contributed by atoms with Gasteiger partial charge >= 0.3 is 0 Å². The minimum atomic E-state index is -0.215. The number of fused-ring (bicyclic) bond motifs is 1. The second-order valence-corrected chi connectivity index (χ2v) is 9.63. The van der Waals surface area contributed by atoms with Gasteiger partial charge in [0.1, 0.15) is 23.7 Å². The number of amides is 1. The van der Waals surface area contributed by atoms with Crippen LogP contribution < -0.4 is 21.1 Å². The first-order chi connectivity index (χ1) is 20.5. The summed E-state index contributed by atoms with van der Waals surface area (Å²) < 4.78 is 5.27. The van der Waals surface area contributed by atoms with E-state index in [1.807, 2.05) is 55.5 Å². The third-order valence-corrected chi connectivity index (χ3v) is 6.95. The van der Waals surface area contributed by atoms with Crippen molar-refractivity contribution < 1.29 is 9.53 Å². The number of nitrogen functional groups attached to an aromatic ring is 1. The van der Waals surface area contributed by atoms with E-state index in [0.29, 0.717) is 34.8 Å². The number of anilines is 2. The van der Waals surface area contributed by atoms with Gasteiger partial charge in [-0.05, 0) is 48.6 Å². The fourth-order valence-corrected chi connectivity index (χ4v) is 4.81. The van der Waals surface area contributed by atoms with Crippen LogP contribution >= 0.6 is 0 Å². The number of nitrogens with zero attached hydrogens (tertiary/aromatic N) is 2. The van der Waals surface area contributed by atoms with Crippen molar-refractivity contribution >= 4 is 23.3 Å². The molecule has 5 N–H and O–H groups in total. The molecular formula is C34H36N6O2. The van der Waals surface area contributed by atoms with E-state index in [9.17, 15) is 4.79 Å². The van der Waals surface area contributed by atoms with Crippen LogP contribution in [0.2, 0.25) is 0 Å². The van der Waals surface area contributed by atoms with Crippen LogP contribution in [0, 0.1) is 5.41 Å². The van der Waals surface area contributed by atoms with Crippen LogP contribution in [0.25, 0.3) is 0 Å². The molecule has 1 atom stereocenters. The molecule has 214 valence electrons. The number of allylic oxidation sites excluding steroid dienone is 3. The van der Waals surface area contributed by atoms with Crippen molar-refractivity contribution in [1.29, 1.82) is 5.41 Å². The second kappa shape index (κ2) is 14.4. The number of carbonyl (C=O) groups is 1. The van der Waals surface area contributed by atoms with Gasteiger partial charge < -0.3 is 21.1 Å². The number of carbonyl (C=O) groups excluding carboxylic acids is 1. The van der Waals surface area contributed by atoms with E-state index in [-0.39, 0.29) is 23.5 Å². The number of ether oxygens (including phenoxy) is 1. The molecule has 8 nitrogen and oxygen atoms in total. The van der Waals surface area contributed by atoms with Gasteiger partial charge in [0, 0.05) is 12.1 Å². The summed E-state index contributed by atoms with van der Waals surface area (Å²) in [5.41, 5.74) is 11.6. The topological polar surface area (TPSA) is 126 Å². The summed E-state index contributed by atoms with van der Waals surface area (Å²) in [7, 11) is 1.54. The Hall–Kier alpha value is -5.24. The highest BCUT2D eigenvalue weighted by Crippen LogP contribution is 2.35. The van der Waals surface area contributed by atoms with E-state index >= 15 is 0 Å². The Balaban J connectivity index is 0.000000748. The van der Waals surface area contributed by atoms with E-state index in [0.717, 1.165) is 18.4 Å². The molecule has 1 aliphatic carbocycles. The molecule has 1 aliphatic rings. The Kier molecular flexibility index (Phi) is 10.2. The lowest BCUT2D eigenvalue weighted by molar-refractivity contribution is 0.0948. The lowest BCUT2D eigenvalue weighted by Gasteiger charge is -2.19. The predicted molar refractivity (Wildman–Crippen MR) is 169 cm³/mol. The number of rotatable bonds is 9. The Morgan fingerprint density at radius 1 is 1.10 bits per heavy atom. The summed E-state index contributed by atoms with van der Waals surface area (Å²) in [6.07, 6.45) is 8.94. The molecule has 3 aromatic carbocycles. The summed E-state index contributed by atoms with van der Waals surface area (Å²) in [5, 5.41) is 15.3. The quantitative estimate of drug-likeness (QED) is 0.141. The number of aryl methyl sites for hydroxylation is 1. The van der Waals surface area contributed by atoms with Crippen molar-refractivity contribution in [2.75, 3.05) is 18.2 Å². The van der Waals surface area contributed by atoms with E-state index in [4.69, 9.17) is 15.9 Å². The maximum absolute atomic E-state index is 12.6. The number of nitrogens with one attached hydrogen (secondary N) is 3. The number of hydrogen-bond acceptors (Lipinski definition) is 7. The molecule has 0 saturated heterocycles. The van der Waals surface area contributed by atoms with Crippen LogP contribution in [0.3, 0.4) is 0 Å². The molecular weight excluding hydrogens is 524 g/mol. The second-order valence-electron chi connectivity index (χ2n) is 9.63. The molecule has 0 saturated carbocycles. The highest BCUT2D eigenvalue weighted by molar-refractivity contribution is 6.16. The van der Waals surface area contributed by atoms with E-state index in [1.165, 1.54) is 24.6 Å². The van der Waals surface area contributed by atoms with Gasteiger partial charge in [0.2, 0.25) is 0 Å². The van der Waals surface area contributed by atoms with Gasteiger partial charge in [-0.2, -0.15) is 0 Å². The minimum absolute atomic E-state index is 0.103. The zero-order valence-corrected chi connectivity index (χ0v) is 23.9. The Labute approximate surface area is 246 Å². The standard InChI is InChI=1S/C29H28N6O2.C5H8/c1-37-24-9-5-4-8-22(24)29(36)32-16-18-10-12-20(13-11-18)26(30)25-27(31)33-17-34-28(25)35-23-15-14-19-6-2-3-7-21(19)23;1-3-5-4-2/h2-13,17,23,30H,14-16H2,1H3,(H,32,36)(H3,31,33,34,35);3-5H,1H2,2H3/b;5-4-. The van der Waals surface area contributed by atoms with E-state index in [2.05, 4.69) is 45.4 Å². The molecule has 1 heterocycles. The summed E-state index contributed by atoms with van der Waals surface area (Å²) in [6, 6.07) is 23.0. The van der Waals surface area contributed by atoms with Crippen molar-refractivity contribution in [3.63, 3.8) is 0 Å². The van der Waals surface area contributed by atoms with Crippen LogP contribution in [-0.2, 0) is 13.0 Å². The number of nitrogens with two attached hydrogens (primary N) is 1. The predicted octanol–water partition coefficient (Wildman–Crippen LogP) is 6.26. The van der Waals surface area contributed by atoms with Crippen LogP contribution in [0.5, 0.6) is 5.75 Å². The SMILES string of the molecule is C=C/C=C\C.COc1ccccc1C(=O)NCc1ccc(C(=N)c2c(N)ncnc2NC2CCc3ccccc32)cc1. The van der Waals surface area contributed by atoms with Crippen molar-refractivity contribution in [3.8, 4) is 5.75 Å². The molecule has 0 aliphatic heterocycles. The molecule has 4 aromatic rings. The lowest BCUT2D eigenvalue weighted by atomic mass is 10.0.